The number of hydrogen-bond acceptors (Lipinski definition) is 12. The fourth-order valence-electron chi connectivity index (χ4n) is 24.1. The summed E-state index contributed by atoms with van der Waals surface area (Å²) in [5.74, 6) is 13.2. The average Bonchev–Trinajstić information content (AvgIpc) is 0.946. The zero-order valence-corrected chi connectivity index (χ0v) is 87.3. The molecular weight excluding hydrogens is 1630 g/mol. The largest absolute Gasteiger partial charge is 0.508 e. The van der Waals surface area contributed by atoms with Gasteiger partial charge >= 0.3 is 11.9 Å². The second-order valence-corrected chi connectivity index (χ2v) is 48.5. The fourth-order valence-corrected chi connectivity index (χ4v) is 24.6. The van der Waals surface area contributed by atoms with Crippen molar-refractivity contribution >= 4 is 23.7 Å². The van der Waals surface area contributed by atoms with Crippen molar-refractivity contribution in [3.8, 4) is 45.9 Å². The number of carboxylic acids is 1. The number of phenols is 3. The van der Waals surface area contributed by atoms with Crippen LogP contribution in [-0.4, -0.2) is 83.7 Å². The summed E-state index contributed by atoms with van der Waals surface area (Å²) in [4.78, 5) is 28.7. The lowest BCUT2D eigenvalue weighted by atomic mass is 9.57. The highest BCUT2D eigenvalue weighted by Gasteiger charge is 2.47. The predicted octanol–water partition coefficient (Wildman–Crippen LogP) is 31.4. The van der Waals surface area contributed by atoms with Crippen molar-refractivity contribution in [1.82, 2.24) is 9.55 Å². The SMILES string of the molecule is C.C.CC(C)C1CCc2cc(O)ccc2C1C(C)(C)C.COC(=O)c1cc2c(cc1OC)C(C(C)(C)C)C(C(C)C)CC2.COc1cc2c(cc1-n1ccnc1)CCC(C(C)C)C2C(C)(C)C.COc1cc2c(cc1C(=O)O)CCC(C(C)(C)C)C2C(C)(C)C.COc1cc2c(cc1O)CCC(C(C)C)C2C(C)(C)C.CSc1cc2c(cc1O)CCC(C(C)C)C2C(C)(C)C. The molecule has 12 unspecified atom stereocenters. The lowest BCUT2D eigenvalue weighted by Crippen LogP contribution is -2.38. The number of aromatic carboxylic acids is 1. The maximum atomic E-state index is 12.0. The Kier molecular flexibility index (Phi) is 38.2. The van der Waals surface area contributed by atoms with E-state index in [1.165, 1.54) is 106 Å². The van der Waals surface area contributed by atoms with Crippen LogP contribution in [0.15, 0.2) is 102 Å². The molecule has 0 radical (unpaired) electrons. The number of rotatable bonds is 13. The number of esters is 1. The van der Waals surface area contributed by atoms with E-state index in [1.54, 1.807) is 40.2 Å². The number of aromatic nitrogens is 2. The first-order valence-corrected chi connectivity index (χ1v) is 49.6. The van der Waals surface area contributed by atoms with Crippen molar-refractivity contribution in [3.05, 3.63) is 175 Å². The van der Waals surface area contributed by atoms with Crippen molar-refractivity contribution in [2.24, 2.45) is 103 Å². The number of ether oxygens (including phenoxy) is 5. The number of hydrogen-bond donors (Lipinski definition) is 4. The smallest absolute Gasteiger partial charge is 0.341 e. The van der Waals surface area contributed by atoms with Crippen LogP contribution in [0.2, 0.25) is 0 Å². The summed E-state index contributed by atoms with van der Waals surface area (Å²) < 4.78 is 28.9. The van der Waals surface area contributed by atoms with Crippen molar-refractivity contribution < 1.29 is 53.7 Å². The van der Waals surface area contributed by atoms with Crippen LogP contribution in [0.3, 0.4) is 0 Å². The van der Waals surface area contributed by atoms with Gasteiger partial charge in [-0.1, -0.05) is 236 Å². The highest BCUT2D eigenvalue weighted by atomic mass is 32.2. The van der Waals surface area contributed by atoms with E-state index in [0.717, 1.165) is 84.9 Å². The van der Waals surface area contributed by atoms with Crippen LogP contribution in [0, 0.1) is 103 Å². The molecule has 1 aromatic heterocycles. The van der Waals surface area contributed by atoms with Crippen molar-refractivity contribution in [2.75, 3.05) is 41.8 Å². The van der Waals surface area contributed by atoms with Gasteiger partial charge in [0.1, 0.15) is 39.9 Å². The molecule has 130 heavy (non-hydrogen) atoms. The van der Waals surface area contributed by atoms with E-state index < -0.39 is 5.97 Å². The van der Waals surface area contributed by atoms with Gasteiger partial charge in [0.25, 0.3) is 0 Å². The van der Waals surface area contributed by atoms with Gasteiger partial charge in [-0.15, -0.1) is 11.8 Å². The molecule has 4 N–H and O–H groups in total. The average molecular weight is 1810 g/mol. The molecule has 726 valence electrons. The number of carboxylic acid groups (broad SMARTS) is 1. The maximum Gasteiger partial charge on any atom is 0.341 e. The standard InChI is InChI=1S/C21H30N2O.2C20H30O3.C18H28O2.C18H28OS.C17H26O.2CH4/c1-14(2)16-8-7-15-11-18(23-10-9-22-13-23)19(24-6)12-17(15)20(16)21(3,4)5;1-19(2,3)15-9-8-12-10-14(18(21)22)16(23-7)11-13(12)17(15)20(4,5)6;1-12(2)14-9-8-13-10-16(19(21)23-7)17(22-6)11-15(13)18(14)20(3,4)5;2*1-11(2)13-8-7-12-9-15(19)16(20-6)10-14(12)17(13)18(3,4)5;1-11(2)14-8-6-12-10-13(18)7-9-15(12)16(14)17(3,4)5;;/h9-14,16,20H,7-8H2,1-6H3;10-11,15,17H,8-9H2,1-7H3,(H,21,22);10-12,14,18H,8-9H2,1-7H3;2*9-11,13,17,19H,7-8H2,1-6H3;7,9-11,14,16,18H,6,8H2,1-5H3;2*1H4. The molecule has 7 aromatic rings. The molecule has 1 heterocycles. The monoisotopic (exact) mass is 1810 g/mol. The van der Waals surface area contributed by atoms with Crippen LogP contribution in [0.4, 0.5) is 0 Å². The number of carbonyl (C=O) groups excluding carboxylic acids is 1. The van der Waals surface area contributed by atoms with E-state index in [-0.39, 0.29) is 70.0 Å². The molecule has 6 aliphatic carbocycles. The minimum atomic E-state index is -0.921. The quantitative estimate of drug-likeness (QED) is 0.0634. The van der Waals surface area contributed by atoms with Gasteiger partial charge in [0.2, 0.25) is 0 Å². The highest BCUT2D eigenvalue weighted by Crippen LogP contribution is 2.59. The van der Waals surface area contributed by atoms with Gasteiger partial charge in [-0.05, 0) is 361 Å². The number of aromatic hydroxyl groups is 3. The van der Waals surface area contributed by atoms with Crippen LogP contribution in [0.5, 0.6) is 40.2 Å². The first-order chi connectivity index (χ1) is 59.3. The van der Waals surface area contributed by atoms with Crippen molar-refractivity contribution in [2.45, 2.75) is 347 Å². The van der Waals surface area contributed by atoms with Gasteiger partial charge in [0.05, 0.1) is 47.6 Å². The molecule has 6 aliphatic rings. The molecule has 6 aromatic carbocycles. The number of thioether (sulfide) groups is 1. The summed E-state index contributed by atoms with van der Waals surface area (Å²) in [6.07, 6.45) is 21.3. The van der Waals surface area contributed by atoms with Crippen LogP contribution < -0.4 is 18.9 Å². The topological polar surface area (TPSA) is 179 Å². The first-order valence-electron chi connectivity index (χ1n) is 48.3. The number of phenolic OH excluding ortho intramolecular Hbond substituents is 3. The molecule has 0 saturated heterocycles. The van der Waals surface area contributed by atoms with Crippen LogP contribution in [-0.2, 0) is 43.3 Å². The Morgan fingerprint density at radius 3 is 1.03 bits per heavy atom. The van der Waals surface area contributed by atoms with Crippen molar-refractivity contribution in [3.63, 3.8) is 0 Å². The number of carbonyl (C=O) groups is 2. The number of fused-ring (bicyclic) bond motifs is 6. The summed E-state index contributed by atoms with van der Waals surface area (Å²) in [7, 11) is 7.95. The zero-order chi connectivity index (χ0) is 96.1. The van der Waals surface area contributed by atoms with Gasteiger partial charge < -0.3 is 48.7 Å². The Morgan fingerprint density at radius 1 is 0.377 bits per heavy atom. The van der Waals surface area contributed by atoms with E-state index in [4.69, 9.17) is 23.7 Å². The van der Waals surface area contributed by atoms with Gasteiger partial charge in [0, 0.05) is 17.3 Å². The Morgan fingerprint density at radius 2 is 0.692 bits per heavy atom. The zero-order valence-electron chi connectivity index (χ0n) is 86.5. The van der Waals surface area contributed by atoms with Gasteiger partial charge in [-0.2, -0.15) is 0 Å². The van der Waals surface area contributed by atoms with Crippen LogP contribution >= 0.6 is 11.8 Å². The molecule has 14 heteroatoms. The van der Waals surface area contributed by atoms with Crippen LogP contribution in [0.1, 0.15) is 391 Å². The fraction of sp³-hybridized carbons (Fsp3) is 0.647. The molecule has 0 amide bonds. The summed E-state index contributed by atoms with van der Waals surface area (Å²) >= 11 is 1.64. The van der Waals surface area contributed by atoms with E-state index in [2.05, 4.69) is 256 Å². The minimum Gasteiger partial charge on any atom is -0.508 e. The third-order valence-electron chi connectivity index (χ3n) is 29.8. The normalized spacial score (nSPS) is 21.8. The van der Waals surface area contributed by atoms with E-state index in [1.807, 2.05) is 72.0 Å². The highest BCUT2D eigenvalue weighted by molar-refractivity contribution is 7.98. The predicted molar refractivity (Wildman–Crippen MR) is 548 cm³/mol. The molecule has 13 nitrogen and oxygen atoms in total. The number of nitrogens with zero attached hydrogens (tertiary/aromatic N) is 2. The molecule has 0 fully saturated rings. The second-order valence-electron chi connectivity index (χ2n) is 47.6. The summed E-state index contributed by atoms with van der Waals surface area (Å²) in [6, 6.07) is 26.6. The molecule has 0 aliphatic heterocycles. The third kappa shape index (κ3) is 26.1. The minimum absolute atomic E-state index is 0. The number of aryl methyl sites for hydroxylation is 6. The number of methoxy groups -OCH3 is 5. The molecule has 0 spiro atoms. The van der Waals surface area contributed by atoms with Gasteiger partial charge in [-0.25, -0.2) is 14.6 Å². The number of imidazole rings is 1. The Balaban J connectivity index is 0.000000240. The summed E-state index contributed by atoms with van der Waals surface area (Å²) in [6.45, 7) is 72.3. The molecule has 13 rings (SSSR count). The maximum absolute atomic E-state index is 12.0. The first kappa shape index (κ1) is 111. The van der Waals surface area contributed by atoms with Crippen molar-refractivity contribution in [1.29, 1.82) is 0 Å². The lowest BCUT2D eigenvalue weighted by Gasteiger charge is -2.47. The molecule has 12 atom stereocenters. The summed E-state index contributed by atoms with van der Waals surface area (Å²) in [5.41, 5.74) is 19.7. The van der Waals surface area contributed by atoms with E-state index in [0.29, 0.717) is 111 Å². The van der Waals surface area contributed by atoms with Gasteiger partial charge in [-0.3, -0.25) is 0 Å². The second kappa shape index (κ2) is 44.7. The van der Waals surface area contributed by atoms with Gasteiger partial charge in [0.15, 0.2) is 11.5 Å². The molecular formula is C116H180N2O11S. The van der Waals surface area contributed by atoms with E-state index >= 15 is 0 Å². The van der Waals surface area contributed by atoms with E-state index in [9.17, 15) is 30.0 Å². The Labute approximate surface area is 795 Å². The third-order valence-corrected chi connectivity index (χ3v) is 30.6. The molecule has 0 saturated carbocycles. The Bertz CT molecular complexity index is 4750. The van der Waals surface area contributed by atoms with Crippen LogP contribution in [0.25, 0.3) is 5.69 Å². The number of benzene rings is 6. The Hall–Kier alpha value is -7.58. The lowest BCUT2D eigenvalue weighted by molar-refractivity contribution is 0.0595. The molecule has 0 bridgehead atoms. The summed E-state index contributed by atoms with van der Waals surface area (Å²) in [5, 5.41) is 39.2.